The maximum absolute atomic E-state index is 4.78. The Bertz CT molecular complexity index is 866. The van der Waals surface area contributed by atoms with Crippen LogP contribution in [0.5, 0.6) is 0 Å². The quantitative estimate of drug-likeness (QED) is 0.716. The molecule has 0 amide bonds. The Morgan fingerprint density at radius 3 is 2.38 bits per heavy atom. The fourth-order valence-corrected chi connectivity index (χ4v) is 3.63. The molecule has 1 aromatic heterocycles. The van der Waals surface area contributed by atoms with E-state index in [1.54, 1.807) is 11.8 Å². The monoisotopic (exact) mass is 334 g/mol. The van der Waals surface area contributed by atoms with Crippen LogP contribution < -0.4 is 0 Å². The van der Waals surface area contributed by atoms with E-state index in [-0.39, 0.29) is 0 Å². The molecular weight excluding hydrogens is 316 g/mol. The third-order valence-electron chi connectivity index (χ3n) is 4.03. The minimum Gasteiger partial charge on any atom is -0.191 e. The van der Waals surface area contributed by atoms with Crippen LogP contribution in [-0.2, 0) is 6.42 Å². The zero-order chi connectivity index (χ0) is 16.4. The summed E-state index contributed by atoms with van der Waals surface area (Å²) in [6, 6.07) is 19.0. The Hall–Kier alpha value is -2.40. The third-order valence-corrected chi connectivity index (χ3v) is 4.96. The van der Waals surface area contributed by atoms with Crippen molar-refractivity contribution >= 4 is 17.5 Å². The molecule has 0 N–H and O–H groups in total. The molecule has 0 atom stereocenters. The van der Waals surface area contributed by atoms with Crippen molar-refractivity contribution in [1.82, 2.24) is 14.9 Å². The first kappa shape index (κ1) is 15.1. The summed E-state index contributed by atoms with van der Waals surface area (Å²) in [5.41, 5.74) is 4.68. The first-order valence-corrected chi connectivity index (χ1v) is 9.14. The molecule has 0 spiro atoms. The van der Waals surface area contributed by atoms with Crippen LogP contribution in [0.2, 0.25) is 0 Å². The lowest BCUT2D eigenvalue weighted by Crippen LogP contribution is -2.14. The number of hydrogen-bond acceptors (Lipinski definition) is 4. The van der Waals surface area contributed by atoms with Gasteiger partial charge in [0, 0.05) is 12.2 Å². The number of aromatic nitrogens is 3. The van der Waals surface area contributed by atoms with Crippen molar-refractivity contribution in [1.29, 1.82) is 0 Å². The van der Waals surface area contributed by atoms with Crippen molar-refractivity contribution in [2.75, 3.05) is 5.75 Å². The van der Waals surface area contributed by atoms with Crippen LogP contribution in [0.3, 0.4) is 0 Å². The molecule has 0 saturated carbocycles. The Balaban J connectivity index is 1.64. The Labute approximate surface area is 145 Å². The zero-order valence-corrected chi connectivity index (χ0v) is 14.3. The van der Waals surface area contributed by atoms with Crippen molar-refractivity contribution in [2.24, 2.45) is 5.10 Å². The zero-order valence-electron chi connectivity index (χ0n) is 13.5. The highest BCUT2D eigenvalue weighted by atomic mass is 32.2. The Morgan fingerprint density at radius 1 is 0.917 bits per heavy atom. The number of nitrogens with zero attached hydrogens (tertiary/aromatic N) is 4. The second-order valence-electron chi connectivity index (χ2n) is 5.74. The predicted molar refractivity (Wildman–Crippen MR) is 98.6 cm³/mol. The van der Waals surface area contributed by atoms with E-state index in [9.17, 15) is 0 Å². The van der Waals surface area contributed by atoms with Gasteiger partial charge in [-0.05, 0) is 23.1 Å². The summed E-state index contributed by atoms with van der Waals surface area (Å²) in [4.78, 5) is 0. The lowest BCUT2D eigenvalue weighted by molar-refractivity contribution is 0.693. The first-order valence-electron chi connectivity index (χ1n) is 8.16. The van der Waals surface area contributed by atoms with Crippen molar-refractivity contribution in [3.63, 3.8) is 0 Å². The maximum Gasteiger partial charge on any atom is 0.212 e. The fraction of sp³-hybridized carbons (Fsp3) is 0.211. The van der Waals surface area contributed by atoms with Gasteiger partial charge in [-0.1, -0.05) is 73.3 Å². The van der Waals surface area contributed by atoms with E-state index < -0.39 is 0 Å². The van der Waals surface area contributed by atoms with Crippen LogP contribution in [0.4, 0.5) is 0 Å². The number of rotatable bonds is 4. The molecule has 2 heterocycles. The molecule has 4 nitrogen and oxygen atoms in total. The summed E-state index contributed by atoms with van der Waals surface area (Å²) in [5.74, 6) is 1.77. The number of aryl methyl sites for hydroxylation is 1. The smallest absolute Gasteiger partial charge is 0.191 e. The van der Waals surface area contributed by atoms with Crippen molar-refractivity contribution in [3.8, 4) is 11.1 Å². The molecule has 1 aliphatic rings. The fourth-order valence-electron chi connectivity index (χ4n) is 2.77. The average Bonchev–Trinajstić information content (AvgIpc) is 3.05. The lowest BCUT2D eigenvalue weighted by Gasteiger charge is -2.14. The van der Waals surface area contributed by atoms with Crippen molar-refractivity contribution in [2.45, 2.75) is 24.9 Å². The molecule has 3 aromatic rings. The van der Waals surface area contributed by atoms with Gasteiger partial charge in [-0.15, -0.1) is 10.2 Å². The van der Waals surface area contributed by atoms with Gasteiger partial charge >= 0.3 is 0 Å². The first-order chi connectivity index (χ1) is 11.8. The lowest BCUT2D eigenvalue weighted by atomic mass is 10.0. The molecule has 24 heavy (non-hydrogen) atoms. The molecule has 120 valence electrons. The van der Waals surface area contributed by atoms with Gasteiger partial charge in [0.2, 0.25) is 5.16 Å². The van der Waals surface area contributed by atoms with Gasteiger partial charge < -0.3 is 0 Å². The summed E-state index contributed by atoms with van der Waals surface area (Å²) in [6.45, 7) is 2.14. The standard InChI is InChI=1S/C19H18N4S/c1-2-6-18-20-21-19-23(18)22-17(13-24-19)16-11-9-15(10-12-16)14-7-4-3-5-8-14/h3-5,7-12H,2,6,13H2,1H3. The van der Waals surface area contributed by atoms with E-state index in [2.05, 4.69) is 65.7 Å². The van der Waals surface area contributed by atoms with E-state index in [1.165, 1.54) is 11.1 Å². The molecular formula is C19H18N4S. The van der Waals surface area contributed by atoms with E-state index >= 15 is 0 Å². The molecule has 5 heteroatoms. The summed E-state index contributed by atoms with van der Waals surface area (Å²) in [5, 5.41) is 14.2. The minimum atomic E-state index is 0.828. The molecule has 4 rings (SSSR count). The summed E-state index contributed by atoms with van der Waals surface area (Å²) >= 11 is 1.70. The second-order valence-corrected chi connectivity index (χ2v) is 6.68. The predicted octanol–water partition coefficient (Wildman–Crippen LogP) is 4.26. The molecule has 0 bridgehead atoms. The van der Waals surface area contributed by atoms with E-state index in [0.29, 0.717) is 0 Å². The van der Waals surface area contributed by atoms with E-state index in [1.807, 2.05) is 10.7 Å². The van der Waals surface area contributed by atoms with Gasteiger partial charge in [0.25, 0.3) is 0 Å². The van der Waals surface area contributed by atoms with Crippen molar-refractivity contribution < 1.29 is 0 Å². The maximum atomic E-state index is 4.78. The largest absolute Gasteiger partial charge is 0.212 e. The number of fused-ring (bicyclic) bond motifs is 1. The summed E-state index contributed by atoms with van der Waals surface area (Å²) in [7, 11) is 0. The third kappa shape index (κ3) is 2.87. The topological polar surface area (TPSA) is 43.1 Å². The van der Waals surface area contributed by atoms with Gasteiger partial charge in [0.05, 0.1) is 5.71 Å². The molecule has 0 radical (unpaired) electrons. The second kappa shape index (κ2) is 6.61. The molecule has 0 saturated heterocycles. The number of benzene rings is 2. The Morgan fingerprint density at radius 2 is 1.62 bits per heavy atom. The highest BCUT2D eigenvalue weighted by Gasteiger charge is 2.19. The van der Waals surface area contributed by atoms with E-state index in [0.717, 1.165) is 40.9 Å². The van der Waals surface area contributed by atoms with Gasteiger partial charge in [-0.3, -0.25) is 0 Å². The SMILES string of the molecule is CCCc1nnc2n1N=C(c1ccc(-c3ccccc3)cc1)CS2. The Kier molecular flexibility index (Phi) is 4.17. The highest BCUT2D eigenvalue weighted by molar-refractivity contribution is 7.99. The van der Waals surface area contributed by atoms with Crippen LogP contribution in [0, 0.1) is 0 Å². The van der Waals surface area contributed by atoms with Crippen LogP contribution in [0.15, 0.2) is 64.9 Å². The molecule has 0 aliphatic carbocycles. The van der Waals surface area contributed by atoms with Crippen molar-refractivity contribution in [3.05, 3.63) is 66.0 Å². The van der Waals surface area contributed by atoms with E-state index in [4.69, 9.17) is 5.10 Å². The number of thioether (sulfide) groups is 1. The molecule has 1 aliphatic heterocycles. The van der Waals surface area contributed by atoms with Crippen LogP contribution in [-0.4, -0.2) is 26.3 Å². The summed E-state index contributed by atoms with van der Waals surface area (Å²) < 4.78 is 1.90. The number of hydrogen-bond donors (Lipinski definition) is 0. The molecule has 2 aromatic carbocycles. The van der Waals surface area contributed by atoms with Crippen LogP contribution in [0.1, 0.15) is 24.7 Å². The normalized spacial score (nSPS) is 13.5. The van der Waals surface area contributed by atoms with Gasteiger partial charge in [-0.2, -0.15) is 9.78 Å². The van der Waals surface area contributed by atoms with Gasteiger partial charge in [0.15, 0.2) is 5.82 Å². The van der Waals surface area contributed by atoms with Crippen LogP contribution in [0.25, 0.3) is 11.1 Å². The summed E-state index contributed by atoms with van der Waals surface area (Å²) in [6.07, 6.45) is 1.94. The highest BCUT2D eigenvalue weighted by Crippen LogP contribution is 2.26. The average molecular weight is 334 g/mol. The van der Waals surface area contributed by atoms with Crippen LogP contribution >= 0.6 is 11.8 Å². The van der Waals surface area contributed by atoms with Gasteiger partial charge in [-0.25, -0.2) is 0 Å². The van der Waals surface area contributed by atoms with Gasteiger partial charge in [0.1, 0.15) is 0 Å². The molecule has 0 unspecified atom stereocenters. The molecule has 0 fully saturated rings. The minimum absolute atomic E-state index is 0.828.